The first kappa shape index (κ1) is 35.9. The van der Waals surface area contributed by atoms with E-state index in [1.54, 1.807) is 12.3 Å². The number of nitrogens with zero attached hydrogens (tertiary/aromatic N) is 6. The maximum Gasteiger partial charge on any atom is 0.317 e. The number of nitrogens with one attached hydrogen (secondary N) is 1. The average molecular weight is 740 g/mol. The maximum atomic E-state index is 15.9. The largest absolute Gasteiger partial charge is 0.480 e. The summed E-state index contributed by atoms with van der Waals surface area (Å²) >= 11 is 0. The minimum Gasteiger partial charge on any atom is -0.480 e. The highest BCUT2D eigenvalue weighted by Gasteiger charge is 2.33. The number of piperidine rings is 1. The molecule has 0 radical (unpaired) electrons. The minimum atomic E-state index is -3.47. The number of carboxylic acid groups (broad SMARTS) is 1. The lowest BCUT2D eigenvalue weighted by molar-refractivity contribution is -0.138. The van der Waals surface area contributed by atoms with Crippen molar-refractivity contribution in [1.29, 1.82) is 0 Å². The summed E-state index contributed by atoms with van der Waals surface area (Å²) in [5.41, 5.74) is 1.39. The molecule has 2 aromatic heterocycles. The van der Waals surface area contributed by atoms with Gasteiger partial charge in [-0.15, -0.1) is 0 Å². The fraction of sp³-hybridized carbons (Fsp3) is 0.417. The Hall–Kier alpha value is -4.51. The van der Waals surface area contributed by atoms with Crippen molar-refractivity contribution in [2.45, 2.75) is 37.9 Å². The van der Waals surface area contributed by atoms with E-state index in [9.17, 15) is 22.4 Å². The fourth-order valence-corrected chi connectivity index (χ4v) is 8.36. The molecule has 3 saturated heterocycles. The summed E-state index contributed by atoms with van der Waals surface area (Å²) < 4.78 is 69.8. The van der Waals surface area contributed by atoms with E-state index in [1.165, 1.54) is 6.20 Å². The molecule has 0 unspecified atom stereocenters. The molecule has 1 atom stereocenters. The van der Waals surface area contributed by atoms with Gasteiger partial charge < -0.3 is 15.0 Å². The third-order valence-electron chi connectivity index (χ3n) is 10.3. The third kappa shape index (κ3) is 7.38. The number of pyridine rings is 1. The van der Waals surface area contributed by atoms with Crippen molar-refractivity contribution in [3.05, 3.63) is 77.6 Å². The lowest BCUT2D eigenvalue weighted by atomic mass is 9.99. The van der Waals surface area contributed by atoms with Crippen LogP contribution in [0, 0.1) is 11.6 Å². The Morgan fingerprint density at radius 3 is 2.40 bits per heavy atom. The van der Waals surface area contributed by atoms with Crippen molar-refractivity contribution in [3.8, 4) is 11.1 Å². The molecular weight excluding hydrogens is 700 g/mol. The van der Waals surface area contributed by atoms with Crippen molar-refractivity contribution < 1.29 is 36.3 Å². The minimum absolute atomic E-state index is 0.0115. The third-order valence-corrected chi connectivity index (χ3v) is 11.1. The zero-order valence-electron chi connectivity index (χ0n) is 28.4. The van der Waals surface area contributed by atoms with Crippen LogP contribution in [0.25, 0.3) is 22.2 Å². The first-order valence-corrected chi connectivity index (χ1v) is 18.6. The summed E-state index contributed by atoms with van der Waals surface area (Å²) in [6.07, 6.45) is 4.70. The lowest BCUT2D eigenvalue weighted by Gasteiger charge is -2.39. The predicted molar refractivity (Wildman–Crippen MR) is 191 cm³/mol. The molecule has 3 aliphatic rings. The van der Waals surface area contributed by atoms with E-state index in [-0.39, 0.29) is 31.6 Å². The Balaban J connectivity index is 1.06. The Bertz CT molecular complexity index is 2030. The number of hydrogen-bond acceptors (Lipinski definition) is 9. The molecular formula is C36H40F3N7O5S. The SMILES string of the molecule is O=C(O)CN1CCCN(C2CCN(c3ccc(-c4cnc5[nH]cc(C(=O)c6c(F)ccc(N(N7CC[C@@H](F)C7)[SH](=O)=O)c6F)c5c4)cc3)CC2)CC1. The number of H-pyrrole nitrogens is 1. The fourth-order valence-electron chi connectivity index (χ4n) is 7.66. The van der Waals surface area contributed by atoms with Crippen molar-refractivity contribution in [2.75, 3.05) is 68.2 Å². The molecule has 2 aromatic carbocycles. The number of carbonyl (C=O) groups excluding carboxylic acids is 1. The molecule has 7 rings (SSSR count). The lowest BCUT2D eigenvalue weighted by Crippen LogP contribution is -2.46. The van der Waals surface area contributed by atoms with Crippen LogP contribution in [0.5, 0.6) is 0 Å². The van der Waals surface area contributed by atoms with Gasteiger partial charge in [-0.05, 0) is 68.1 Å². The highest BCUT2D eigenvalue weighted by molar-refractivity contribution is 7.73. The van der Waals surface area contributed by atoms with E-state index in [0.717, 1.165) is 86.9 Å². The van der Waals surface area contributed by atoms with Gasteiger partial charge in [-0.1, -0.05) is 12.1 Å². The Morgan fingerprint density at radius 2 is 1.71 bits per heavy atom. The summed E-state index contributed by atoms with van der Waals surface area (Å²) in [7, 11) is -3.47. The van der Waals surface area contributed by atoms with E-state index >= 15 is 8.78 Å². The topological polar surface area (TPSA) is 133 Å². The van der Waals surface area contributed by atoms with Gasteiger partial charge in [0.15, 0.2) is 5.82 Å². The maximum absolute atomic E-state index is 15.9. The Kier molecular flexibility index (Phi) is 10.5. The summed E-state index contributed by atoms with van der Waals surface area (Å²) in [6, 6.07) is 11.9. The highest BCUT2D eigenvalue weighted by Crippen LogP contribution is 2.33. The molecule has 0 spiro atoms. The van der Waals surface area contributed by atoms with Crippen LogP contribution in [-0.2, 0) is 15.7 Å². The molecule has 0 bridgehead atoms. The van der Waals surface area contributed by atoms with Crippen LogP contribution in [-0.4, -0.2) is 121 Å². The van der Waals surface area contributed by atoms with Gasteiger partial charge in [-0.3, -0.25) is 19.4 Å². The van der Waals surface area contributed by atoms with Gasteiger partial charge in [-0.25, -0.2) is 31.6 Å². The molecule has 12 nitrogen and oxygen atoms in total. The van der Waals surface area contributed by atoms with Crippen LogP contribution < -0.4 is 9.31 Å². The normalized spacial score (nSPS) is 19.8. The van der Waals surface area contributed by atoms with Gasteiger partial charge in [0.1, 0.15) is 23.3 Å². The number of ketones is 1. The molecule has 3 aliphatic heterocycles. The summed E-state index contributed by atoms with van der Waals surface area (Å²) in [4.78, 5) is 39.1. The predicted octanol–water partition coefficient (Wildman–Crippen LogP) is 4.09. The molecule has 0 aliphatic carbocycles. The van der Waals surface area contributed by atoms with E-state index in [1.807, 2.05) is 29.2 Å². The average Bonchev–Trinajstić information content (AvgIpc) is 3.68. The van der Waals surface area contributed by atoms with E-state index in [2.05, 4.69) is 19.8 Å². The first-order valence-electron chi connectivity index (χ1n) is 17.4. The molecule has 4 aromatic rings. The Labute approximate surface area is 300 Å². The van der Waals surface area contributed by atoms with Gasteiger partial charge in [0.05, 0.1) is 18.7 Å². The second-order valence-electron chi connectivity index (χ2n) is 13.6. The van der Waals surface area contributed by atoms with Crippen molar-refractivity contribution in [1.82, 2.24) is 24.8 Å². The first-order chi connectivity index (χ1) is 25.1. The summed E-state index contributed by atoms with van der Waals surface area (Å²) in [6.45, 7) is 5.03. The number of halogens is 3. The van der Waals surface area contributed by atoms with Crippen LogP contribution in [0.1, 0.15) is 41.6 Å². The van der Waals surface area contributed by atoms with Gasteiger partial charge in [0.2, 0.25) is 16.7 Å². The molecule has 5 heterocycles. The number of aliphatic carboxylic acids is 1. The summed E-state index contributed by atoms with van der Waals surface area (Å²) in [5, 5.41) is 10.6. The number of fused-ring (bicyclic) bond motifs is 1. The number of hydrogen-bond donors (Lipinski definition) is 3. The van der Waals surface area contributed by atoms with Gasteiger partial charge >= 0.3 is 5.97 Å². The zero-order valence-corrected chi connectivity index (χ0v) is 29.3. The number of anilines is 2. The van der Waals surface area contributed by atoms with Gasteiger partial charge in [0.25, 0.3) is 0 Å². The van der Waals surface area contributed by atoms with E-state index in [0.29, 0.717) is 27.1 Å². The number of thiol groups is 1. The quantitative estimate of drug-likeness (QED) is 0.161. The van der Waals surface area contributed by atoms with E-state index in [4.69, 9.17) is 5.11 Å². The number of aromatic amines is 1. The molecule has 3 fully saturated rings. The number of aromatic nitrogens is 2. The van der Waals surface area contributed by atoms with E-state index < -0.39 is 51.7 Å². The zero-order chi connectivity index (χ0) is 36.5. The molecule has 0 amide bonds. The number of rotatable bonds is 10. The molecule has 2 N–H and O–H groups in total. The molecule has 276 valence electrons. The molecule has 52 heavy (non-hydrogen) atoms. The van der Waals surface area contributed by atoms with Crippen molar-refractivity contribution in [2.24, 2.45) is 0 Å². The molecule has 0 saturated carbocycles. The Morgan fingerprint density at radius 1 is 0.942 bits per heavy atom. The van der Waals surface area contributed by atoms with Crippen molar-refractivity contribution >= 4 is 45.1 Å². The second kappa shape index (κ2) is 15.2. The number of benzene rings is 2. The number of carbonyl (C=O) groups is 2. The monoisotopic (exact) mass is 739 g/mol. The van der Waals surface area contributed by atoms with Gasteiger partial charge in [-0.2, -0.15) is 4.41 Å². The van der Waals surface area contributed by atoms with Crippen LogP contribution in [0.3, 0.4) is 0 Å². The molecule has 16 heteroatoms. The second-order valence-corrected chi connectivity index (χ2v) is 14.4. The van der Waals surface area contributed by atoms with Crippen LogP contribution in [0.15, 0.2) is 54.9 Å². The number of carboxylic acids is 1. The van der Waals surface area contributed by atoms with Gasteiger partial charge in [0, 0.05) is 79.9 Å². The van der Waals surface area contributed by atoms with Crippen molar-refractivity contribution in [3.63, 3.8) is 0 Å². The van der Waals surface area contributed by atoms with Crippen LogP contribution >= 0.6 is 0 Å². The highest BCUT2D eigenvalue weighted by atomic mass is 32.2. The number of alkyl halides is 1. The van der Waals surface area contributed by atoms with Crippen LogP contribution in [0.4, 0.5) is 24.5 Å². The smallest absolute Gasteiger partial charge is 0.317 e. The summed E-state index contributed by atoms with van der Waals surface area (Å²) in [5.74, 6) is -4.31. The standard InChI is InChI=1S/C36H40F3N7O5S/c37-25-8-15-45(21-25)46(52(50)51)31-7-6-30(38)33(34(31)39)35(49)29-20-41-36-28(29)18-24(19-40-36)23-2-4-26(5-3-23)44-13-9-27(10-14-44)43-12-1-11-42(16-17-43)22-32(47)48/h2-7,18-20,25,27,52H,1,8-17,21-22H2,(H,40,41)(H,47,48)/t25-/m1/s1. The van der Waals surface area contributed by atoms with Crippen LogP contribution in [0.2, 0.25) is 0 Å². The number of hydrazine groups is 1.